The molecule has 4 atom stereocenters. The average molecular weight is 2100 g/mol. The molecule has 696 valence electrons. The van der Waals surface area contributed by atoms with Crippen molar-refractivity contribution in [2.75, 3.05) is 0 Å². The van der Waals surface area contributed by atoms with Crippen LogP contribution in [0.2, 0.25) is 14.8 Å². The summed E-state index contributed by atoms with van der Waals surface area (Å²) in [5, 5.41) is 4.42. The zero-order valence-electron chi connectivity index (χ0n) is 80.8. The third-order valence-electron chi connectivity index (χ3n) is 28.8. The van der Waals surface area contributed by atoms with E-state index in [9.17, 15) is 0 Å². The van der Waals surface area contributed by atoms with Crippen LogP contribution >= 0.6 is 124 Å². The minimum absolute atomic E-state index is 0.0545. The second-order valence-electron chi connectivity index (χ2n) is 40.1. The van der Waals surface area contributed by atoms with Crippen molar-refractivity contribution < 1.29 is 0 Å². The van der Waals surface area contributed by atoms with Crippen LogP contribution in [0.25, 0.3) is 95.6 Å². The van der Waals surface area contributed by atoms with Crippen molar-refractivity contribution >= 4 is 211 Å². The molecule has 4 unspecified atom stereocenters. The molecule has 127 heavy (non-hydrogen) atoms. The SMILES string of the molecule is Brc1cc2c(cc(Br)c3nsnc32)c2nsnc12.CCCCCCCCC(CCCCCC)CC1(CC(CCCCCC)CCCCCCCC)c2cc(C)sc2-c2s[c]([Sn]([CH3])([CH3])[CH3])cc21.CCCCCCCCC(CCCCCC)CC1(CC(CCCCCC)CCCCCCCC)c2cc(C)sc2-c2sc(-c3cc4c(cc(C)c5nsnc54)c4nsnc34)cc21. The molecule has 0 fully saturated rings. The Balaban J connectivity index is 0.000000195. The molecule has 0 radical (unpaired) electrons. The van der Waals surface area contributed by atoms with E-state index in [0.29, 0.717) is 0 Å². The predicted octanol–water partition coefficient (Wildman–Crippen LogP) is 39.7. The molecule has 8 nitrogen and oxygen atoms in total. The number of benzene rings is 4. The monoisotopic (exact) mass is 2100 g/mol. The summed E-state index contributed by atoms with van der Waals surface area (Å²) in [5.41, 5.74) is 17.3. The molecule has 12 aromatic rings. The number of aryl methyl sites for hydroxylation is 3. The molecule has 2 aliphatic rings. The Morgan fingerprint density at radius 1 is 0.276 bits per heavy atom. The van der Waals surface area contributed by atoms with Gasteiger partial charge < -0.3 is 0 Å². The molecule has 0 aliphatic heterocycles. The van der Waals surface area contributed by atoms with Gasteiger partial charge >= 0.3 is 289 Å². The number of halogens is 2. The second kappa shape index (κ2) is 52.5. The first-order valence-electron chi connectivity index (χ1n) is 51.3. The van der Waals surface area contributed by atoms with E-state index in [0.717, 1.165) is 104 Å². The third-order valence-corrected chi connectivity index (χ3v) is 46.2. The van der Waals surface area contributed by atoms with Crippen LogP contribution < -0.4 is 2.89 Å². The largest absolute Gasteiger partial charge is 0.173 e. The number of aromatic nitrogens is 8. The van der Waals surface area contributed by atoms with Gasteiger partial charge in [0.05, 0.1) is 46.9 Å². The Bertz CT molecular complexity index is 5130. The molecule has 8 aromatic heterocycles. The maximum Gasteiger partial charge on any atom is 0.114 e. The molecule has 0 spiro atoms. The van der Waals surface area contributed by atoms with Crippen LogP contribution in [-0.2, 0) is 10.8 Å². The van der Waals surface area contributed by atoms with E-state index in [-0.39, 0.29) is 10.8 Å². The quantitative estimate of drug-likeness (QED) is 0.0274. The minimum Gasteiger partial charge on any atom is -0.173 e. The Hall–Kier alpha value is -2.76. The molecular formula is C108H158Br2N8S8Sn. The van der Waals surface area contributed by atoms with Crippen molar-refractivity contribution in [3.8, 4) is 29.9 Å². The zero-order valence-corrected chi connectivity index (χ0v) is 93.4. The standard InChI is InChI=1S/C53H76N4S4.C42H71S2.C10H2Br2N4S2.3CH3.Sn/c1-7-11-15-19-21-25-29-39(27-23-17-13-9-3)35-53(36-40(28-24-18-14-10-4)30-26-22-20-16-12-8-2)44-32-38(6)58-51(44)52-45(53)34-46(59-52)43-33-42-41(49-50(43)57-61-56-49)31-37(5)47-48(42)55-60-54-47;1-6-10-14-18-20-24-28-36(26-22-16-12-8-3)33-42(38-30-31-43-40(38)41-39(42)32-35(5)44-41)34-37(27-23-17-13-9-4)29-25-21-19-15-11-7-2;11-5-1-3-4(8-9(5)15-18-14-8)2-6(12)10-7(3)13-17-16-10;;;;/h31-34,39-40H,7-30,35-36H2,1-6H3;30,32,36-37H,6-29,33-34H2,1-5H3;1-2H;3*1H3;. The Kier molecular flexibility index (Phi) is 42.7. The summed E-state index contributed by atoms with van der Waals surface area (Å²) in [6, 6.07) is 19.6. The third kappa shape index (κ3) is 27.0. The van der Waals surface area contributed by atoms with Crippen LogP contribution in [0, 0.1) is 44.4 Å². The summed E-state index contributed by atoms with van der Waals surface area (Å²) in [5.74, 6) is 3.24. The van der Waals surface area contributed by atoms with Crippen molar-refractivity contribution in [1.29, 1.82) is 0 Å². The van der Waals surface area contributed by atoms with E-state index in [1.165, 1.54) is 396 Å². The first-order valence-corrected chi connectivity index (χ1v) is 69.1. The van der Waals surface area contributed by atoms with E-state index in [2.05, 4.69) is 211 Å². The molecule has 19 heteroatoms. The van der Waals surface area contributed by atoms with Gasteiger partial charge in [0.15, 0.2) is 0 Å². The Morgan fingerprint density at radius 2 is 0.535 bits per heavy atom. The summed E-state index contributed by atoms with van der Waals surface area (Å²) >= 11 is 18.5. The first-order chi connectivity index (χ1) is 61.9. The summed E-state index contributed by atoms with van der Waals surface area (Å²) in [6.07, 6.45) is 72.7. The van der Waals surface area contributed by atoms with E-state index in [1.807, 2.05) is 31.9 Å². The van der Waals surface area contributed by atoms with Gasteiger partial charge in [0, 0.05) is 61.0 Å². The molecule has 4 aromatic carbocycles. The van der Waals surface area contributed by atoms with Gasteiger partial charge in [0.1, 0.15) is 44.1 Å². The topological polar surface area (TPSA) is 103 Å². The van der Waals surface area contributed by atoms with Crippen LogP contribution in [0.3, 0.4) is 0 Å². The minimum atomic E-state index is -2.22. The van der Waals surface area contributed by atoms with E-state index in [4.69, 9.17) is 17.5 Å². The fourth-order valence-corrected chi connectivity index (χ4v) is 35.6. The molecule has 8 heterocycles. The molecule has 0 saturated carbocycles. The van der Waals surface area contributed by atoms with Crippen LogP contribution in [0.5, 0.6) is 0 Å². The summed E-state index contributed by atoms with van der Waals surface area (Å²) < 4.78 is 40.6. The van der Waals surface area contributed by atoms with Gasteiger partial charge in [-0.25, -0.2) is 0 Å². The van der Waals surface area contributed by atoms with Crippen LogP contribution in [0.4, 0.5) is 0 Å². The number of fused-ring (bicyclic) bond motifs is 16. The first kappa shape index (κ1) is 103. The van der Waals surface area contributed by atoms with Crippen LogP contribution in [-0.4, -0.2) is 53.4 Å². The normalized spacial score (nSPS) is 15.9. The zero-order chi connectivity index (χ0) is 89.7. The van der Waals surface area contributed by atoms with Gasteiger partial charge in [0.25, 0.3) is 0 Å². The fraction of sp³-hybridized carbons (Fsp3) is 0.667. The summed E-state index contributed by atoms with van der Waals surface area (Å²) in [7, 11) is 0. The number of thiophene rings is 4. The van der Waals surface area contributed by atoms with Gasteiger partial charge in [0.2, 0.25) is 0 Å². The van der Waals surface area contributed by atoms with Crippen molar-refractivity contribution in [1.82, 2.24) is 35.0 Å². The van der Waals surface area contributed by atoms with Crippen molar-refractivity contribution in [2.45, 2.75) is 436 Å². The van der Waals surface area contributed by atoms with Crippen LogP contribution in [0.15, 0.2) is 57.5 Å². The number of hydrogen-bond donors (Lipinski definition) is 0. The van der Waals surface area contributed by atoms with Gasteiger partial charge in [-0.05, 0) is 123 Å². The number of hydrogen-bond acceptors (Lipinski definition) is 16. The van der Waals surface area contributed by atoms with E-state index >= 15 is 0 Å². The molecule has 14 rings (SSSR count). The molecular weight excluding hydrogens is 1940 g/mol. The Morgan fingerprint density at radius 3 is 0.890 bits per heavy atom. The van der Waals surface area contributed by atoms with Crippen molar-refractivity contribution in [2.24, 2.45) is 23.7 Å². The molecule has 0 saturated heterocycles. The summed E-state index contributed by atoms with van der Waals surface area (Å²) in [6.45, 7) is 25.8. The van der Waals surface area contributed by atoms with E-state index < -0.39 is 18.4 Å². The van der Waals surface area contributed by atoms with Gasteiger partial charge in [-0.2, -0.15) is 35.0 Å². The van der Waals surface area contributed by atoms with Gasteiger partial charge in [-0.15, -0.1) is 22.7 Å². The molecule has 0 bridgehead atoms. The molecule has 2 aliphatic carbocycles. The molecule has 0 amide bonds. The molecule has 0 N–H and O–H groups in total. The van der Waals surface area contributed by atoms with Gasteiger partial charge in [-0.1, -0.05) is 208 Å². The second-order valence-corrected chi connectivity index (χ2v) is 63.9. The smallest absolute Gasteiger partial charge is 0.114 e. The van der Waals surface area contributed by atoms with E-state index in [1.54, 1.807) is 41.1 Å². The maximum atomic E-state index is 5.03. The number of unbranched alkanes of at least 4 members (excludes halogenated alkanes) is 32. The van der Waals surface area contributed by atoms with Crippen LogP contribution in [0.1, 0.15) is 427 Å². The Labute approximate surface area is 821 Å². The predicted molar refractivity (Wildman–Crippen MR) is 580 cm³/mol. The number of rotatable bonds is 58. The maximum absolute atomic E-state index is 5.03. The number of nitrogens with zero attached hydrogens (tertiary/aromatic N) is 8. The average Bonchev–Trinajstić information content (AvgIpc) is 1.65. The van der Waals surface area contributed by atoms with Gasteiger partial charge in [-0.3, -0.25) is 0 Å². The van der Waals surface area contributed by atoms with Crippen molar-refractivity contribution in [3.05, 3.63) is 95.0 Å². The summed E-state index contributed by atoms with van der Waals surface area (Å²) in [4.78, 5) is 18.9. The fourth-order valence-electron chi connectivity index (χ4n) is 21.8. The van der Waals surface area contributed by atoms with Crippen molar-refractivity contribution in [3.63, 3.8) is 0 Å².